The Bertz CT molecular complexity index is 954. The zero-order valence-electron chi connectivity index (χ0n) is 15.1. The number of halogens is 1. The molecule has 1 unspecified atom stereocenters. The molecule has 3 aromatic rings. The van der Waals surface area contributed by atoms with E-state index in [-0.39, 0.29) is 17.6 Å². The molecule has 3 heterocycles. The third-order valence-corrected chi connectivity index (χ3v) is 4.86. The molecule has 1 amide bonds. The fourth-order valence-corrected chi connectivity index (χ4v) is 3.47. The summed E-state index contributed by atoms with van der Waals surface area (Å²) in [5, 5.41) is 7.23. The number of piperidine rings is 1. The van der Waals surface area contributed by atoms with Crippen LogP contribution >= 0.6 is 0 Å². The summed E-state index contributed by atoms with van der Waals surface area (Å²) >= 11 is 0. The molecule has 8 heteroatoms. The highest BCUT2D eigenvalue weighted by molar-refractivity contribution is 5.79. The number of hydrogen-bond donors (Lipinski definition) is 1. The van der Waals surface area contributed by atoms with Crippen molar-refractivity contribution in [1.82, 2.24) is 24.9 Å². The Kier molecular flexibility index (Phi) is 4.70. The van der Waals surface area contributed by atoms with Crippen LogP contribution in [-0.4, -0.2) is 38.6 Å². The highest BCUT2D eigenvalue weighted by Gasteiger charge is 2.27. The second-order valence-corrected chi connectivity index (χ2v) is 6.86. The minimum atomic E-state index is -0.278. The molecule has 1 aliphatic rings. The van der Waals surface area contributed by atoms with Gasteiger partial charge in [-0.05, 0) is 37.5 Å². The van der Waals surface area contributed by atoms with Crippen molar-refractivity contribution >= 4 is 17.5 Å². The summed E-state index contributed by atoms with van der Waals surface area (Å²) in [6.45, 7) is 3.81. The summed E-state index contributed by atoms with van der Waals surface area (Å²) in [7, 11) is 0. The number of nitrogens with zero attached hydrogens (tertiary/aromatic N) is 5. The molecule has 1 saturated heterocycles. The van der Waals surface area contributed by atoms with E-state index in [4.69, 9.17) is 0 Å². The molecule has 1 N–H and O–H groups in total. The molecule has 1 aromatic carbocycles. The molecule has 7 nitrogen and oxygen atoms in total. The molecule has 2 aromatic heterocycles. The number of amides is 1. The molecule has 1 aliphatic heterocycles. The van der Waals surface area contributed by atoms with E-state index < -0.39 is 0 Å². The van der Waals surface area contributed by atoms with Gasteiger partial charge in [-0.15, -0.1) is 0 Å². The molecule has 0 saturated carbocycles. The highest BCUT2D eigenvalue weighted by Crippen LogP contribution is 2.24. The van der Waals surface area contributed by atoms with Crippen molar-refractivity contribution in [3.05, 3.63) is 53.7 Å². The van der Waals surface area contributed by atoms with Gasteiger partial charge in [-0.1, -0.05) is 12.1 Å². The Morgan fingerprint density at radius 2 is 2.15 bits per heavy atom. The van der Waals surface area contributed by atoms with Gasteiger partial charge in [0.1, 0.15) is 18.0 Å². The Labute approximate surface area is 156 Å². The normalized spacial score (nSPS) is 17.3. The Balaban J connectivity index is 1.45. The predicted molar refractivity (Wildman–Crippen MR) is 98.7 cm³/mol. The van der Waals surface area contributed by atoms with Crippen molar-refractivity contribution in [2.45, 2.75) is 26.3 Å². The third kappa shape index (κ3) is 3.74. The van der Waals surface area contributed by atoms with E-state index in [0.717, 1.165) is 36.5 Å². The molecule has 0 aliphatic carbocycles. The molecule has 1 fully saturated rings. The maximum Gasteiger partial charge on any atom is 0.254 e. The van der Waals surface area contributed by atoms with Crippen LogP contribution in [0.2, 0.25) is 0 Å². The van der Waals surface area contributed by atoms with E-state index in [2.05, 4.69) is 25.3 Å². The molecular formula is C19H21FN6O. The Morgan fingerprint density at radius 1 is 1.33 bits per heavy atom. The number of fused-ring (bicyclic) bond motifs is 1. The molecule has 4 rings (SSSR count). The standard InChI is InChI=1S/C19H21FN6O/c1-13-9-17(26-19(24-13)22-12-23-26)25-8-2-3-15(11-25)18(27)21-10-14-4-6-16(20)7-5-14/h4-7,9,12,15H,2-3,8,10-11H2,1H3,(H,21,27). The average molecular weight is 368 g/mol. The lowest BCUT2D eigenvalue weighted by Gasteiger charge is -2.33. The van der Waals surface area contributed by atoms with Gasteiger partial charge in [-0.3, -0.25) is 4.79 Å². The lowest BCUT2D eigenvalue weighted by Crippen LogP contribution is -2.43. The van der Waals surface area contributed by atoms with Gasteiger partial charge >= 0.3 is 0 Å². The van der Waals surface area contributed by atoms with Gasteiger partial charge in [0, 0.05) is 31.4 Å². The van der Waals surface area contributed by atoms with Crippen LogP contribution in [0.1, 0.15) is 24.1 Å². The smallest absolute Gasteiger partial charge is 0.254 e. The first-order valence-corrected chi connectivity index (χ1v) is 9.04. The van der Waals surface area contributed by atoms with Crippen molar-refractivity contribution in [2.24, 2.45) is 5.92 Å². The fourth-order valence-electron chi connectivity index (χ4n) is 3.47. The number of benzene rings is 1. The summed E-state index contributed by atoms with van der Waals surface area (Å²) in [5.41, 5.74) is 1.75. The molecule has 0 spiro atoms. The summed E-state index contributed by atoms with van der Waals surface area (Å²) in [6, 6.07) is 8.15. The first kappa shape index (κ1) is 17.4. The lowest BCUT2D eigenvalue weighted by atomic mass is 9.97. The SMILES string of the molecule is Cc1cc(N2CCCC(C(=O)NCc3ccc(F)cc3)C2)n2ncnc2n1. The van der Waals surface area contributed by atoms with E-state index >= 15 is 0 Å². The van der Waals surface area contributed by atoms with Crippen molar-refractivity contribution in [2.75, 3.05) is 18.0 Å². The van der Waals surface area contributed by atoms with E-state index in [1.807, 2.05) is 13.0 Å². The van der Waals surface area contributed by atoms with Crippen LogP contribution in [0.25, 0.3) is 5.78 Å². The minimum absolute atomic E-state index is 0.0182. The number of aromatic nitrogens is 4. The van der Waals surface area contributed by atoms with Crippen LogP contribution in [-0.2, 0) is 11.3 Å². The quantitative estimate of drug-likeness (QED) is 0.763. The van der Waals surface area contributed by atoms with E-state index in [1.54, 1.807) is 16.6 Å². The molecule has 140 valence electrons. The predicted octanol–water partition coefficient (Wildman–Crippen LogP) is 2.10. The van der Waals surface area contributed by atoms with Gasteiger partial charge < -0.3 is 10.2 Å². The van der Waals surface area contributed by atoms with Crippen molar-refractivity contribution < 1.29 is 9.18 Å². The van der Waals surface area contributed by atoms with Crippen LogP contribution in [0.4, 0.5) is 10.2 Å². The molecule has 1 atom stereocenters. The van der Waals surface area contributed by atoms with E-state index in [1.165, 1.54) is 18.5 Å². The van der Waals surface area contributed by atoms with E-state index in [0.29, 0.717) is 18.9 Å². The second kappa shape index (κ2) is 7.30. The number of carbonyl (C=O) groups is 1. The zero-order chi connectivity index (χ0) is 18.8. The van der Waals surface area contributed by atoms with Crippen molar-refractivity contribution in [1.29, 1.82) is 0 Å². The van der Waals surface area contributed by atoms with Crippen LogP contribution in [0.5, 0.6) is 0 Å². The lowest BCUT2D eigenvalue weighted by molar-refractivity contribution is -0.125. The fraction of sp³-hybridized carbons (Fsp3) is 0.368. The van der Waals surface area contributed by atoms with Crippen LogP contribution in [0.15, 0.2) is 36.7 Å². The van der Waals surface area contributed by atoms with E-state index in [9.17, 15) is 9.18 Å². The largest absolute Gasteiger partial charge is 0.356 e. The van der Waals surface area contributed by atoms with Crippen molar-refractivity contribution in [3.8, 4) is 0 Å². The molecular weight excluding hydrogens is 347 g/mol. The topological polar surface area (TPSA) is 75.4 Å². The van der Waals surface area contributed by atoms with Gasteiger partial charge in [0.2, 0.25) is 5.91 Å². The zero-order valence-corrected chi connectivity index (χ0v) is 15.1. The number of nitrogens with one attached hydrogen (secondary N) is 1. The summed E-state index contributed by atoms with van der Waals surface area (Å²) in [6.07, 6.45) is 3.25. The van der Waals surface area contributed by atoms with Crippen LogP contribution in [0, 0.1) is 18.7 Å². The van der Waals surface area contributed by atoms with Crippen LogP contribution < -0.4 is 10.2 Å². The first-order chi connectivity index (χ1) is 13.1. The van der Waals surface area contributed by atoms with Crippen LogP contribution in [0.3, 0.4) is 0 Å². The molecule has 27 heavy (non-hydrogen) atoms. The van der Waals surface area contributed by atoms with Gasteiger partial charge in [-0.25, -0.2) is 9.37 Å². The number of rotatable bonds is 4. The maximum atomic E-state index is 13.0. The Hall–Kier alpha value is -3.03. The van der Waals surface area contributed by atoms with Gasteiger partial charge in [-0.2, -0.15) is 14.6 Å². The van der Waals surface area contributed by atoms with Gasteiger partial charge in [0.25, 0.3) is 5.78 Å². The monoisotopic (exact) mass is 368 g/mol. The van der Waals surface area contributed by atoms with Gasteiger partial charge in [0.15, 0.2) is 0 Å². The van der Waals surface area contributed by atoms with Crippen molar-refractivity contribution in [3.63, 3.8) is 0 Å². The third-order valence-electron chi connectivity index (χ3n) is 4.86. The summed E-state index contributed by atoms with van der Waals surface area (Å²) in [5.74, 6) is 1.11. The number of aryl methyl sites for hydroxylation is 1. The molecule has 0 bridgehead atoms. The summed E-state index contributed by atoms with van der Waals surface area (Å²) < 4.78 is 14.7. The average Bonchev–Trinajstić information content (AvgIpc) is 3.15. The summed E-state index contributed by atoms with van der Waals surface area (Å²) in [4.78, 5) is 23.3. The maximum absolute atomic E-state index is 13.0. The Morgan fingerprint density at radius 3 is 2.96 bits per heavy atom. The highest BCUT2D eigenvalue weighted by atomic mass is 19.1. The second-order valence-electron chi connectivity index (χ2n) is 6.86. The number of carbonyl (C=O) groups excluding carboxylic acids is 1. The number of anilines is 1. The molecule has 0 radical (unpaired) electrons. The minimum Gasteiger partial charge on any atom is -0.356 e. The van der Waals surface area contributed by atoms with Gasteiger partial charge in [0.05, 0.1) is 5.92 Å². The number of hydrogen-bond acceptors (Lipinski definition) is 5. The first-order valence-electron chi connectivity index (χ1n) is 9.04.